The number of nitrogens with zero attached hydrogens (tertiary/aromatic N) is 2. The van der Waals surface area contributed by atoms with E-state index in [1.165, 1.54) is 25.9 Å². The largest absolute Gasteiger partial charge is 0.508 e. The number of hydrogen-bond acceptors (Lipinski definition) is 11. The Bertz CT molecular complexity index is 1280. The SMILES string of the molecule is C[C@H]1c2c([N+](=O)[O-])ccc(O)c2C(O)=C2C(=O)[C@]3(O)C(O)=C(C(N)=O)C(=O)[C@@H](N(C)C)C3[C@@H](O)C21. The Labute approximate surface area is 197 Å². The highest BCUT2D eigenvalue weighted by Crippen LogP contribution is 2.57. The molecule has 0 bridgehead atoms. The maximum atomic E-state index is 13.7. The number of rotatable bonds is 3. The summed E-state index contributed by atoms with van der Waals surface area (Å²) in [7, 11) is 2.76. The number of primary amides is 1. The van der Waals surface area contributed by atoms with Crippen molar-refractivity contribution in [3.8, 4) is 5.75 Å². The molecule has 7 N–H and O–H groups in total. The van der Waals surface area contributed by atoms with E-state index in [9.17, 15) is 50.0 Å². The number of hydrogen-bond donors (Lipinski definition) is 6. The molecule has 6 atom stereocenters. The molecule has 186 valence electrons. The van der Waals surface area contributed by atoms with Crippen LogP contribution < -0.4 is 5.73 Å². The number of nitro groups is 1. The molecule has 1 fully saturated rings. The van der Waals surface area contributed by atoms with Crippen LogP contribution in [0.5, 0.6) is 5.75 Å². The molecule has 35 heavy (non-hydrogen) atoms. The van der Waals surface area contributed by atoms with Crippen LogP contribution in [-0.4, -0.2) is 84.7 Å². The number of nitrogens with two attached hydrogens (primary N) is 1. The summed E-state index contributed by atoms with van der Waals surface area (Å²) in [5.41, 5.74) is -0.516. The normalized spacial score (nSPS) is 32.3. The molecule has 4 rings (SSSR count). The zero-order valence-electron chi connectivity index (χ0n) is 18.8. The number of amides is 1. The van der Waals surface area contributed by atoms with E-state index >= 15 is 0 Å². The van der Waals surface area contributed by atoms with Crippen LogP contribution in [0.15, 0.2) is 29.0 Å². The highest BCUT2D eigenvalue weighted by molar-refractivity contribution is 6.24. The van der Waals surface area contributed by atoms with Gasteiger partial charge in [-0.2, -0.15) is 0 Å². The Morgan fingerprint density at radius 2 is 1.80 bits per heavy atom. The van der Waals surface area contributed by atoms with E-state index in [0.717, 1.165) is 12.1 Å². The van der Waals surface area contributed by atoms with Gasteiger partial charge < -0.3 is 31.3 Å². The van der Waals surface area contributed by atoms with Crippen LogP contribution in [-0.2, 0) is 14.4 Å². The van der Waals surface area contributed by atoms with Crippen LogP contribution in [0, 0.1) is 22.0 Å². The summed E-state index contributed by atoms with van der Waals surface area (Å²) < 4.78 is 0. The van der Waals surface area contributed by atoms with Crippen LogP contribution in [0.25, 0.3) is 5.76 Å². The van der Waals surface area contributed by atoms with Crippen molar-refractivity contribution < 1.29 is 44.8 Å². The smallest absolute Gasteiger partial charge is 0.273 e. The number of aliphatic hydroxyl groups excluding tert-OH is 3. The topological polar surface area (TPSA) is 225 Å². The Kier molecular flexibility index (Phi) is 5.28. The standard InChI is InChI=1S/C22H23N3O10/c1-6-9-7(25(34)35)4-5-8(26)11(9)16(27)12-10(6)17(28)14-15(24(2)3)18(29)13(21(23)32)20(31)22(14,33)19(12)30/h4-6,10,14-15,17,26-28,31,33H,1-3H3,(H2,23,32)/t6-,10?,14?,15-,17-,22-/m0/s1. The average Bonchev–Trinajstić information content (AvgIpc) is 2.75. The van der Waals surface area contributed by atoms with Gasteiger partial charge in [-0.15, -0.1) is 0 Å². The number of fused-ring (bicyclic) bond motifs is 3. The molecule has 13 heteroatoms. The fraction of sp³-hybridized carbons (Fsp3) is 0.409. The number of Topliss-reactive ketones (excluding diaryl/α,β-unsaturated/α-hetero) is 2. The maximum absolute atomic E-state index is 13.7. The number of likely N-dealkylation sites (N-methyl/N-ethyl adjacent to an activating group) is 1. The first-order valence-electron chi connectivity index (χ1n) is 10.5. The Morgan fingerprint density at radius 3 is 2.31 bits per heavy atom. The molecule has 0 heterocycles. The number of aromatic hydroxyl groups is 1. The van der Waals surface area contributed by atoms with Gasteiger partial charge in [0.2, 0.25) is 5.78 Å². The number of benzene rings is 1. The van der Waals surface area contributed by atoms with Gasteiger partial charge in [0.15, 0.2) is 11.4 Å². The molecule has 0 aromatic heterocycles. The molecule has 3 aliphatic carbocycles. The molecule has 13 nitrogen and oxygen atoms in total. The highest BCUT2D eigenvalue weighted by atomic mass is 16.6. The number of ketones is 2. The molecule has 3 aliphatic rings. The quantitative estimate of drug-likeness (QED) is 0.179. The summed E-state index contributed by atoms with van der Waals surface area (Å²) in [5.74, 6) is -10.9. The molecular weight excluding hydrogens is 466 g/mol. The van der Waals surface area contributed by atoms with Gasteiger partial charge in [0.1, 0.15) is 22.8 Å². The van der Waals surface area contributed by atoms with Crippen molar-refractivity contribution in [2.75, 3.05) is 14.1 Å². The van der Waals surface area contributed by atoms with Crippen molar-refractivity contribution in [2.45, 2.75) is 30.6 Å². The van der Waals surface area contributed by atoms with Crippen LogP contribution in [0.4, 0.5) is 5.69 Å². The second-order valence-corrected chi connectivity index (χ2v) is 9.20. The number of carbonyl (C=O) groups excluding carboxylic acids is 3. The van der Waals surface area contributed by atoms with Gasteiger partial charge in [0.05, 0.1) is 28.6 Å². The third-order valence-electron chi connectivity index (χ3n) is 7.28. The Balaban J connectivity index is 2.10. The molecule has 0 radical (unpaired) electrons. The predicted molar refractivity (Wildman–Crippen MR) is 117 cm³/mol. The molecule has 1 aromatic carbocycles. The number of nitro benzene ring substituents is 1. The Morgan fingerprint density at radius 1 is 1.20 bits per heavy atom. The molecule has 1 amide bonds. The molecule has 0 aliphatic heterocycles. The van der Waals surface area contributed by atoms with Gasteiger partial charge in [-0.25, -0.2) is 0 Å². The first-order valence-corrected chi connectivity index (χ1v) is 10.5. The lowest BCUT2D eigenvalue weighted by Gasteiger charge is -2.53. The molecule has 0 saturated heterocycles. The number of aliphatic hydroxyl groups is 4. The first-order chi connectivity index (χ1) is 16.2. The number of phenolic OH excluding ortho intramolecular Hbond substituents is 1. The van der Waals surface area contributed by atoms with Crippen molar-refractivity contribution >= 4 is 28.9 Å². The molecule has 2 unspecified atom stereocenters. The van der Waals surface area contributed by atoms with E-state index in [0.29, 0.717) is 0 Å². The second-order valence-electron chi connectivity index (χ2n) is 9.20. The van der Waals surface area contributed by atoms with Gasteiger partial charge in [-0.3, -0.25) is 29.4 Å². The van der Waals surface area contributed by atoms with Crippen molar-refractivity contribution in [3.05, 3.63) is 50.3 Å². The molecular formula is C22H23N3O10. The van der Waals surface area contributed by atoms with E-state index < -0.39 is 97.6 Å². The van der Waals surface area contributed by atoms with Crippen molar-refractivity contribution in [2.24, 2.45) is 17.6 Å². The minimum absolute atomic E-state index is 0.153. The van der Waals surface area contributed by atoms with Gasteiger partial charge in [-0.05, 0) is 26.1 Å². The van der Waals surface area contributed by atoms with E-state index in [4.69, 9.17) is 5.73 Å². The minimum atomic E-state index is -3.04. The lowest BCUT2D eigenvalue weighted by atomic mass is 9.54. The summed E-state index contributed by atoms with van der Waals surface area (Å²) in [6.45, 7) is 1.42. The minimum Gasteiger partial charge on any atom is -0.508 e. The van der Waals surface area contributed by atoms with E-state index in [2.05, 4.69) is 0 Å². The fourth-order valence-electron chi connectivity index (χ4n) is 5.83. The van der Waals surface area contributed by atoms with Crippen molar-refractivity contribution in [1.29, 1.82) is 0 Å². The average molecular weight is 489 g/mol. The van der Waals surface area contributed by atoms with Gasteiger partial charge in [0.25, 0.3) is 11.6 Å². The van der Waals surface area contributed by atoms with E-state index in [-0.39, 0.29) is 5.56 Å². The Hall–Kier alpha value is -3.81. The first kappa shape index (κ1) is 24.3. The predicted octanol–water partition coefficient (Wildman–Crippen LogP) is -0.596. The number of carbonyl (C=O) groups is 3. The highest BCUT2D eigenvalue weighted by Gasteiger charge is 2.68. The van der Waals surface area contributed by atoms with Crippen molar-refractivity contribution in [3.63, 3.8) is 0 Å². The molecule has 1 saturated carbocycles. The van der Waals surface area contributed by atoms with E-state index in [1.807, 2.05) is 0 Å². The number of phenols is 1. The zero-order valence-corrected chi connectivity index (χ0v) is 18.8. The molecule has 1 aromatic rings. The summed E-state index contributed by atoms with van der Waals surface area (Å²) in [5, 5.41) is 66.9. The summed E-state index contributed by atoms with van der Waals surface area (Å²) in [6, 6.07) is 0.455. The van der Waals surface area contributed by atoms with Crippen LogP contribution in [0.1, 0.15) is 24.0 Å². The zero-order chi connectivity index (χ0) is 26.3. The van der Waals surface area contributed by atoms with Crippen LogP contribution in [0.2, 0.25) is 0 Å². The van der Waals surface area contributed by atoms with E-state index in [1.54, 1.807) is 0 Å². The lowest BCUT2D eigenvalue weighted by Crippen LogP contribution is -2.70. The van der Waals surface area contributed by atoms with Crippen molar-refractivity contribution in [1.82, 2.24) is 4.90 Å². The van der Waals surface area contributed by atoms with Gasteiger partial charge in [-0.1, -0.05) is 6.92 Å². The van der Waals surface area contributed by atoms with Gasteiger partial charge in [0, 0.05) is 23.1 Å². The lowest BCUT2D eigenvalue weighted by molar-refractivity contribution is -0.385. The summed E-state index contributed by atoms with van der Waals surface area (Å²) in [4.78, 5) is 51.0. The van der Waals surface area contributed by atoms with Crippen LogP contribution in [0.3, 0.4) is 0 Å². The monoisotopic (exact) mass is 489 g/mol. The third-order valence-corrected chi connectivity index (χ3v) is 7.28. The maximum Gasteiger partial charge on any atom is 0.273 e. The van der Waals surface area contributed by atoms with Crippen LogP contribution >= 0.6 is 0 Å². The molecule has 0 spiro atoms. The van der Waals surface area contributed by atoms with Gasteiger partial charge >= 0.3 is 0 Å². The second kappa shape index (κ2) is 7.60. The third kappa shape index (κ3) is 2.89. The summed E-state index contributed by atoms with van der Waals surface area (Å²) in [6.07, 6.45) is -1.83. The summed E-state index contributed by atoms with van der Waals surface area (Å²) >= 11 is 0. The fourth-order valence-corrected chi connectivity index (χ4v) is 5.83.